The van der Waals surface area contributed by atoms with E-state index < -0.39 is 41.3 Å². The molecule has 0 aromatic heterocycles. The normalized spacial score (nSPS) is 14.6. The van der Waals surface area contributed by atoms with Gasteiger partial charge < -0.3 is 21.3 Å². The Hall–Kier alpha value is -3.56. The number of rotatable bonds is 9. The standard InChI is InChI=1S/C22H25N3O6/c1-14(23)18(26)22(20(28)29,21(30)31-13-16-9-5-3-6-10-16)25(19(27)15(2)24)17-11-7-4-8-12-17/h3-12,14-15H,13,23-24H2,1-2H3,(H,28,29). The molecule has 0 radical (unpaired) electrons. The van der Waals surface area contributed by atoms with Crippen molar-refractivity contribution < 1.29 is 29.0 Å². The molecule has 0 aliphatic carbocycles. The molecule has 0 aliphatic rings. The summed E-state index contributed by atoms with van der Waals surface area (Å²) >= 11 is 0. The van der Waals surface area contributed by atoms with Gasteiger partial charge in [-0.05, 0) is 31.5 Å². The molecule has 3 unspecified atom stereocenters. The van der Waals surface area contributed by atoms with Gasteiger partial charge in [-0.25, -0.2) is 9.59 Å². The number of hydrogen-bond acceptors (Lipinski definition) is 7. The van der Waals surface area contributed by atoms with Crippen molar-refractivity contribution >= 4 is 29.3 Å². The third-order valence-electron chi connectivity index (χ3n) is 4.55. The highest BCUT2D eigenvalue weighted by atomic mass is 16.5. The number of carbonyl (C=O) groups excluding carboxylic acids is 3. The van der Waals surface area contributed by atoms with Gasteiger partial charge in [0.1, 0.15) is 6.61 Å². The first kappa shape index (κ1) is 23.7. The van der Waals surface area contributed by atoms with E-state index >= 15 is 0 Å². The lowest BCUT2D eigenvalue weighted by Crippen LogP contribution is -2.72. The Bertz CT molecular complexity index is 946. The Morgan fingerprint density at radius 2 is 1.45 bits per heavy atom. The van der Waals surface area contributed by atoms with Crippen LogP contribution in [0.3, 0.4) is 0 Å². The summed E-state index contributed by atoms with van der Waals surface area (Å²) in [6.07, 6.45) is 0. The molecule has 9 nitrogen and oxygen atoms in total. The van der Waals surface area contributed by atoms with Crippen LogP contribution in [0.4, 0.5) is 5.69 Å². The smallest absolute Gasteiger partial charge is 0.352 e. The molecular formula is C22H25N3O6. The maximum absolute atomic E-state index is 13.3. The third-order valence-corrected chi connectivity index (χ3v) is 4.55. The molecule has 2 aromatic rings. The number of hydrogen-bond donors (Lipinski definition) is 3. The predicted octanol–water partition coefficient (Wildman–Crippen LogP) is 0.850. The Morgan fingerprint density at radius 1 is 0.935 bits per heavy atom. The second-order valence-electron chi connectivity index (χ2n) is 7.03. The van der Waals surface area contributed by atoms with E-state index in [-0.39, 0.29) is 12.3 Å². The molecule has 0 saturated carbocycles. The first-order valence-corrected chi connectivity index (χ1v) is 9.53. The molecule has 0 saturated heterocycles. The number of carboxylic acids is 1. The van der Waals surface area contributed by atoms with Crippen LogP contribution >= 0.6 is 0 Å². The maximum atomic E-state index is 13.3. The fraction of sp³-hybridized carbons (Fsp3) is 0.273. The van der Waals surface area contributed by atoms with Gasteiger partial charge in [-0.15, -0.1) is 0 Å². The molecule has 0 bridgehead atoms. The van der Waals surface area contributed by atoms with Crippen molar-refractivity contribution in [3.63, 3.8) is 0 Å². The minimum Gasteiger partial charge on any atom is -0.479 e. The zero-order valence-electron chi connectivity index (χ0n) is 17.2. The number of amides is 1. The number of esters is 1. The Kier molecular flexibility index (Phi) is 7.62. The van der Waals surface area contributed by atoms with E-state index in [1.54, 1.807) is 36.4 Å². The predicted molar refractivity (Wildman–Crippen MR) is 113 cm³/mol. The lowest BCUT2D eigenvalue weighted by Gasteiger charge is -2.38. The molecule has 164 valence electrons. The second kappa shape index (κ2) is 9.96. The summed E-state index contributed by atoms with van der Waals surface area (Å²) < 4.78 is 5.23. The SMILES string of the molecule is CC(N)C(=O)N(c1ccccc1)C(C(=O)O)(C(=O)OCc1ccccc1)C(=O)C(C)N. The van der Waals surface area contributed by atoms with Gasteiger partial charge in [0.25, 0.3) is 0 Å². The minimum atomic E-state index is -3.06. The summed E-state index contributed by atoms with van der Waals surface area (Å²) in [5.41, 5.74) is 8.93. The Labute approximate surface area is 179 Å². The van der Waals surface area contributed by atoms with Crippen molar-refractivity contribution in [2.75, 3.05) is 4.90 Å². The fourth-order valence-electron chi connectivity index (χ4n) is 3.01. The molecule has 31 heavy (non-hydrogen) atoms. The lowest BCUT2D eigenvalue weighted by atomic mass is 9.86. The van der Waals surface area contributed by atoms with Gasteiger partial charge in [0.05, 0.1) is 12.1 Å². The number of Topliss-reactive ketones (excluding diaryl/α,β-unsaturated/α-hetero) is 1. The summed E-state index contributed by atoms with van der Waals surface area (Å²) in [6.45, 7) is 2.23. The number of ketones is 1. The molecule has 9 heteroatoms. The number of anilines is 1. The number of benzene rings is 2. The molecule has 2 rings (SSSR count). The van der Waals surface area contributed by atoms with E-state index in [0.29, 0.717) is 10.5 Å². The molecular weight excluding hydrogens is 402 g/mol. The van der Waals surface area contributed by atoms with Crippen LogP contribution in [0.25, 0.3) is 0 Å². The van der Waals surface area contributed by atoms with Gasteiger partial charge in [-0.1, -0.05) is 48.5 Å². The summed E-state index contributed by atoms with van der Waals surface area (Å²) in [5, 5.41) is 10.2. The summed E-state index contributed by atoms with van der Waals surface area (Å²) in [4.78, 5) is 52.6. The van der Waals surface area contributed by atoms with Gasteiger partial charge in [0, 0.05) is 5.69 Å². The number of nitrogens with two attached hydrogens (primary N) is 2. The quantitative estimate of drug-likeness (QED) is 0.393. The van der Waals surface area contributed by atoms with Gasteiger partial charge in [-0.2, -0.15) is 0 Å². The average molecular weight is 427 g/mol. The minimum absolute atomic E-state index is 0.0159. The first-order chi connectivity index (χ1) is 14.6. The van der Waals surface area contributed by atoms with E-state index in [1.165, 1.54) is 38.1 Å². The van der Waals surface area contributed by atoms with E-state index in [9.17, 15) is 24.3 Å². The van der Waals surface area contributed by atoms with Crippen LogP contribution in [0.15, 0.2) is 60.7 Å². The van der Waals surface area contributed by atoms with Crippen LogP contribution in [-0.2, 0) is 30.5 Å². The van der Waals surface area contributed by atoms with Gasteiger partial charge >= 0.3 is 17.5 Å². The van der Waals surface area contributed by atoms with Crippen LogP contribution in [-0.4, -0.2) is 46.4 Å². The van der Waals surface area contributed by atoms with Crippen molar-refractivity contribution in [2.45, 2.75) is 38.1 Å². The molecule has 0 heterocycles. The van der Waals surface area contributed by atoms with Crippen molar-refractivity contribution in [1.29, 1.82) is 0 Å². The van der Waals surface area contributed by atoms with Crippen LogP contribution in [0, 0.1) is 0 Å². The summed E-state index contributed by atoms with van der Waals surface area (Å²) in [5.74, 6) is -5.51. The van der Waals surface area contributed by atoms with Crippen LogP contribution < -0.4 is 16.4 Å². The lowest BCUT2D eigenvalue weighted by molar-refractivity contribution is -0.166. The number of aliphatic carboxylic acids is 1. The number of nitrogens with zero attached hydrogens (tertiary/aromatic N) is 1. The topological polar surface area (TPSA) is 153 Å². The number of carbonyl (C=O) groups is 4. The fourth-order valence-corrected chi connectivity index (χ4v) is 3.01. The van der Waals surface area contributed by atoms with Gasteiger partial charge in [-0.3, -0.25) is 14.5 Å². The average Bonchev–Trinajstić information content (AvgIpc) is 2.75. The van der Waals surface area contributed by atoms with Gasteiger partial charge in [0.2, 0.25) is 5.91 Å². The van der Waals surface area contributed by atoms with Crippen molar-refractivity contribution in [3.8, 4) is 0 Å². The molecule has 2 aromatic carbocycles. The van der Waals surface area contributed by atoms with Gasteiger partial charge in [0.15, 0.2) is 5.78 Å². The number of carboxylic acid groups (broad SMARTS) is 1. The summed E-state index contributed by atoms with van der Waals surface area (Å²) in [6, 6.07) is 13.3. The zero-order valence-corrected chi connectivity index (χ0v) is 17.2. The molecule has 3 atom stereocenters. The highest BCUT2D eigenvalue weighted by molar-refractivity contribution is 6.32. The van der Waals surface area contributed by atoms with Crippen LogP contribution in [0.5, 0.6) is 0 Å². The molecule has 0 aliphatic heterocycles. The second-order valence-corrected chi connectivity index (χ2v) is 7.03. The van der Waals surface area contributed by atoms with E-state index in [1.807, 2.05) is 0 Å². The van der Waals surface area contributed by atoms with Crippen molar-refractivity contribution in [1.82, 2.24) is 0 Å². The largest absolute Gasteiger partial charge is 0.479 e. The Morgan fingerprint density at radius 3 is 1.90 bits per heavy atom. The highest BCUT2D eigenvalue weighted by Crippen LogP contribution is 2.29. The molecule has 0 fully saturated rings. The number of para-hydroxylation sites is 1. The molecule has 5 N–H and O–H groups in total. The van der Waals surface area contributed by atoms with Crippen LogP contribution in [0.1, 0.15) is 19.4 Å². The summed E-state index contributed by atoms with van der Waals surface area (Å²) in [7, 11) is 0. The van der Waals surface area contributed by atoms with Crippen molar-refractivity contribution in [3.05, 3.63) is 66.2 Å². The number of ether oxygens (including phenoxy) is 1. The van der Waals surface area contributed by atoms with Crippen LogP contribution in [0.2, 0.25) is 0 Å². The molecule has 0 spiro atoms. The van der Waals surface area contributed by atoms with Crippen molar-refractivity contribution in [2.24, 2.45) is 11.5 Å². The van der Waals surface area contributed by atoms with E-state index in [0.717, 1.165) is 0 Å². The van der Waals surface area contributed by atoms with E-state index in [2.05, 4.69) is 0 Å². The highest BCUT2D eigenvalue weighted by Gasteiger charge is 2.62. The van der Waals surface area contributed by atoms with E-state index in [4.69, 9.17) is 16.2 Å². The zero-order chi connectivity index (χ0) is 23.2. The maximum Gasteiger partial charge on any atom is 0.352 e. The Balaban J connectivity index is 2.68. The monoisotopic (exact) mass is 427 g/mol. The third kappa shape index (κ3) is 4.79. The molecule has 1 amide bonds. The first-order valence-electron chi connectivity index (χ1n) is 9.53.